The molecule has 0 aliphatic rings. The molecule has 30 heavy (non-hydrogen) atoms. The quantitative estimate of drug-likeness (QED) is 0.335. The molecule has 2 N–H and O–H groups in total. The van der Waals surface area contributed by atoms with Crippen molar-refractivity contribution >= 4 is 23.8 Å². The molecule has 0 atom stereocenters. The van der Waals surface area contributed by atoms with E-state index in [0.29, 0.717) is 34.9 Å². The van der Waals surface area contributed by atoms with Gasteiger partial charge in [-0.25, -0.2) is 14.6 Å². The van der Waals surface area contributed by atoms with Crippen LogP contribution in [0.5, 0.6) is 0 Å². The van der Waals surface area contributed by atoms with E-state index < -0.39 is 5.97 Å². The van der Waals surface area contributed by atoms with Crippen LogP contribution in [-0.4, -0.2) is 31.2 Å². The first-order valence-electron chi connectivity index (χ1n) is 9.24. The van der Waals surface area contributed by atoms with Crippen molar-refractivity contribution < 1.29 is 23.1 Å². The Bertz CT molecular complexity index is 1040. The van der Waals surface area contributed by atoms with Crippen LogP contribution in [0.3, 0.4) is 0 Å². The number of hydrogen-bond donors (Lipinski definition) is 2. The van der Waals surface area contributed by atoms with Gasteiger partial charge in [0.1, 0.15) is 17.3 Å². The molecule has 0 aliphatic heterocycles. The van der Waals surface area contributed by atoms with Crippen molar-refractivity contribution in [1.29, 1.82) is 0 Å². The molecule has 0 radical (unpaired) electrons. The Morgan fingerprint density at radius 2 is 1.93 bits per heavy atom. The second kappa shape index (κ2) is 10.0. The minimum absolute atomic E-state index is 0.0208. The number of anilines is 1. The number of benzene rings is 2. The first-order chi connectivity index (χ1) is 14.5. The normalized spacial score (nSPS) is 10.7. The molecule has 0 unspecified atom stereocenters. The third kappa shape index (κ3) is 5.78. The largest absolute Gasteiger partial charge is 0.462 e. The van der Waals surface area contributed by atoms with Gasteiger partial charge in [0, 0.05) is 11.3 Å². The van der Waals surface area contributed by atoms with Crippen molar-refractivity contribution in [1.82, 2.24) is 5.43 Å². The highest BCUT2D eigenvalue weighted by Gasteiger charge is 2.10. The summed E-state index contributed by atoms with van der Waals surface area (Å²) in [6, 6.07) is 16.0. The predicted octanol–water partition coefficient (Wildman–Crippen LogP) is 3.82. The molecule has 1 amide bonds. The van der Waals surface area contributed by atoms with Crippen molar-refractivity contribution in [2.45, 2.75) is 6.92 Å². The van der Waals surface area contributed by atoms with Crippen LogP contribution in [0.25, 0.3) is 11.3 Å². The van der Waals surface area contributed by atoms with Crippen LogP contribution in [0.2, 0.25) is 0 Å². The van der Waals surface area contributed by atoms with Crippen LogP contribution < -0.4 is 10.7 Å². The van der Waals surface area contributed by atoms with Gasteiger partial charge in [0.15, 0.2) is 0 Å². The maximum atomic E-state index is 12.9. The molecule has 0 saturated heterocycles. The monoisotopic (exact) mass is 409 g/mol. The summed E-state index contributed by atoms with van der Waals surface area (Å²) in [7, 11) is 0. The predicted molar refractivity (Wildman–Crippen MR) is 111 cm³/mol. The van der Waals surface area contributed by atoms with Crippen LogP contribution >= 0.6 is 0 Å². The highest BCUT2D eigenvalue weighted by Crippen LogP contribution is 2.23. The average molecular weight is 409 g/mol. The minimum Gasteiger partial charge on any atom is -0.462 e. The van der Waals surface area contributed by atoms with Crippen molar-refractivity contribution in [3.05, 3.63) is 77.8 Å². The van der Waals surface area contributed by atoms with Gasteiger partial charge in [0.2, 0.25) is 0 Å². The van der Waals surface area contributed by atoms with E-state index in [1.165, 1.54) is 30.5 Å². The average Bonchev–Trinajstić information content (AvgIpc) is 3.23. The van der Waals surface area contributed by atoms with Crippen LogP contribution in [-0.2, 0) is 9.53 Å². The number of hydrogen-bond acceptors (Lipinski definition) is 6. The van der Waals surface area contributed by atoms with E-state index in [0.717, 1.165) is 0 Å². The number of nitrogens with zero attached hydrogens (tertiary/aromatic N) is 1. The fourth-order valence-electron chi connectivity index (χ4n) is 2.55. The lowest BCUT2D eigenvalue weighted by Gasteiger charge is -2.04. The standard InChI is InChI=1S/C22H20FN3O4/c1-2-29-22(28)16-5-3-4-15(12-16)20-11-10-19(30-20)13-25-26-21(27)14-24-18-8-6-17(23)7-9-18/h3-13,24H,2,14H2,1H3,(H,26,27)/b25-13-. The zero-order valence-corrected chi connectivity index (χ0v) is 16.2. The van der Waals surface area contributed by atoms with E-state index in [1.807, 2.05) is 6.07 Å². The number of ether oxygens (including phenoxy) is 1. The smallest absolute Gasteiger partial charge is 0.338 e. The number of esters is 1. The third-order valence-corrected chi connectivity index (χ3v) is 3.96. The van der Waals surface area contributed by atoms with Gasteiger partial charge in [-0.3, -0.25) is 4.79 Å². The van der Waals surface area contributed by atoms with Gasteiger partial charge in [0.05, 0.1) is 24.9 Å². The fraction of sp³-hybridized carbons (Fsp3) is 0.136. The Morgan fingerprint density at radius 1 is 1.13 bits per heavy atom. The summed E-state index contributed by atoms with van der Waals surface area (Å²) in [5, 5.41) is 6.71. The Balaban J connectivity index is 1.54. The molecule has 2 aromatic carbocycles. The van der Waals surface area contributed by atoms with Crippen LogP contribution in [0, 0.1) is 5.82 Å². The molecule has 7 nitrogen and oxygen atoms in total. The highest BCUT2D eigenvalue weighted by atomic mass is 19.1. The van der Waals surface area contributed by atoms with Crippen molar-refractivity contribution in [3.63, 3.8) is 0 Å². The number of hydrazone groups is 1. The molecular formula is C22H20FN3O4. The summed E-state index contributed by atoms with van der Waals surface area (Å²) in [4.78, 5) is 23.7. The highest BCUT2D eigenvalue weighted by molar-refractivity contribution is 5.91. The molecule has 3 rings (SSSR count). The molecule has 1 aromatic heterocycles. The van der Waals surface area contributed by atoms with Crippen LogP contribution in [0.4, 0.5) is 10.1 Å². The van der Waals surface area contributed by atoms with Gasteiger partial charge >= 0.3 is 5.97 Å². The Morgan fingerprint density at radius 3 is 2.70 bits per heavy atom. The number of carbonyl (C=O) groups is 2. The Hall–Kier alpha value is -3.94. The first-order valence-corrected chi connectivity index (χ1v) is 9.24. The lowest BCUT2D eigenvalue weighted by molar-refractivity contribution is -0.119. The minimum atomic E-state index is -0.398. The molecule has 1 heterocycles. The maximum Gasteiger partial charge on any atom is 0.338 e. The summed E-state index contributed by atoms with van der Waals surface area (Å²) in [5.41, 5.74) is 4.14. The molecule has 0 aliphatic carbocycles. The van der Waals surface area contributed by atoms with E-state index in [4.69, 9.17) is 9.15 Å². The summed E-state index contributed by atoms with van der Waals surface area (Å²) in [6.07, 6.45) is 1.37. The molecule has 0 spiro atoms. The number of carbonyl (C=O) groups excluding carboxylic acids is 2. The number of rotatable bonds is 8. The summed E-state index contributed by atoms with van der Waals surface area (Å²) < 4.78 is 23.5. The molecule has 0 saturated carbocycles. The van der Waals surface area contributed by atoms with Crippen molar-refractivity contribution in [2.24, 2.45) is 5.10 Å². The van der Waals surface area contributed by atoms with Crippen molar-refractivity contribution in [2.75, 3.05) is 18.5 Å². The third-order valence-electron chi connectivity index (χ3n) is 3.96. The lowest BCUT2D eigenvalue weighted by Crippen LogP contribution is -2.25. The van der Waals surface area contributed by atoms with Crippen molar-refractivity contribution in [3.8, 4) is 11.3 Å². The van der Waals surface area contributed by atoms with E-state index in [2.05, 4.69) is 15.8 Å². The van der Waals surface area contributed by atoms with Gasteiger partial charge < -0.3 is 14.5 Å². The second-order valence-corrected chi connectivity index (χ2v) is 6.16. The van der Waals surface area contributed by atoms with Gasteiger partial charge in [-0.2, -0.15) is 5.10 Å². The van der Waals surface area contributed by atoms with E-state index in [1.54, 1.807) is 37.3 Å². The Kier molecular flexibility index (Phi) is 6.94. The second-order valence-electron chi connectivity index (χ2n) is 6.16. The van der Waals surface area contributed by atoms with Gasteiger partial charge in [-0.05, 0) is 55.5 Å². The molecule has 0 fully saturated rings. The van der Waals surface area contributed by atoms with E-state index in [-0.39, 0.29) is 18.3 Å². The fourth-order valence-corrected chi connectivity index (χ4v) is 2.55. The first kappa shape index (κ1) is 20.8. The lowest BCUT2D eigenvalue weighted by atomic mass is 10.1. The van der Waals surface area contributed by atoms with Gasteiger partial charge in [-0.15, -0.1) is 0 Å². The number of amides is 1. The maximum absolute atomic E-state index is 12.9. The number of nitrogens with one attached hydrogen (secondary N) is 2. The molecule has 8 heteroatoms. The molecule has 0 bridgehead atoms. The summed E-state index contributed by atoms with van der Waals surface area (Å²) in [6.45, 7) is 2.03. The van der Waals surface area contributed by atoms with Gasteiger partial charge in [-0.1, -0.05) is 12.1 Å². The van der Waals surface area contributed by atoms with E-state index in [9.17, 15) is 14.0 Å². The molecule has 154 valence electrons. The van der Waals surface area contributed by atoms with Crippen LogP contribution in [0.15, 0.2) is 70.2 Å². The Labute approximate surface area is 172 Å². The number of halogens is 1. The molecule has 3 aromatic rings. The zero-order valence-electron chi connectivity index (χ0n) is 16.2. The van der Waals surface area contributed by atoms with E-state index >= 15 is 0 Å². The zero-order chi connectivity index (χ0) is 21.3. The topological polar surface area (TPSA) is 92.9 Å². The SMILES string of the molecule is CCOC(=O)c1cccc(-c2ccc(/C=N\NC(=O)CNc3ccc(F)cc3)o2)c1. The summed E-state index contributed by atoms with van der Waals surface area (Å²) in [5.74, 6) is -0.139. The van der Waals surface area contributed by atoms with Crippen LogP contribution in [0.1, 0.15) is 23.0 Å². The summed E-state index contributed by atoms with van der Waals surface area (Å²) >= 11 is 0. The molecular weight excluding hydrogens is 389 g/mol. The van der Waals surface area contributed by atoms with Gasteiger partial charge in [0.25, 0.3) is 5.91 Å². The number of furan rings is 1.